The third kappa shape index (κ3) is 14.0. The van der Waals surface area contributed by atoms with Crippen LogP contribution in [0.3, 0.4) is 0 Å². The van der Waals surface area contributed by atoms with Crippen molar-refractivity contribution in [3.05, 3.63) is 166 Å². The van der Waals surface area contributed by atoms with E-state index < -0.39 is 22.2 Å². The van der Waals surface area contributed by atoms with Gasteiger partial charge >= 0.3 is 0 Å². The second-order valence-electron chi connectivity index (χ2n) is 19.2. The van der Waals surface area contributed by atoms with Crippen molar-refractivity contribution in [3.8, 4) is 44.5 Å². The maximum absolute atomic E-state index is 12.9. The molecule has 0 N–H and O–H groups in total. The van der Waals surface area contributed by atoms with Crippen molar-refractivity contribution >= 4 is 46.0 Å². The molecule has 0 atom stereocenters. The molecule has 0 aliphatic heterocycles. The average molecular weight is 1050 g/mol. The SMILES string of the molecule is CC(C)(C)N([O-])c1ccccc1-c1cccc(-c2ccccc2N([O-])C(C)(C)C)c1.CC(C)(C)N([O-])c1ccccc1-c1cccc(-c2ccccc2[N+](=O)C(C)(C)C)c1.ClCCl.[Tb]. The van der Waals surface area contributed by atoms with Gasteiger partial charge in [0.2, 0.25) is 5.54 Å². The minimum Gasteiger partial charge on any atom is -0.758 e. The van der Waals surface area contributed by atoms with Gasteiger partial charge in [-0.05, 0) is 121 Å². The Bertz CT molecular complexity index is 2370. The van der Waals surface area contributed by atoms with E-state index in [0.717, 1.165) is 64.5 Å². The second kappa shape index (κ2) is 23.0. The van der Waals surface area contributed by atoms with Gasteiger partial charge in [0.15, 0.2) is 0 Å². The molecule has 0 aliphatic carbocycles. The summed E-state index contributed by atoms with van der Waals surface area (Å²) < 4.78 is 1.06. The van der Waals surface area contributed by atoms with Crippen LogP contribution in [0.1, 0.15) is 83.1 Å². The molecule has 0 heterocycles. The maximum atomic E-state index is 12.9. The quantitative estimate of drug-likeness (QED) is 0.0850. The van der Waals surface area contributed by atoms with Gasteiger partial charge in [0.25, 0.3) is 5.69 Å². The predicted octanol–water partition coefficient (Wildman–Crippen LogP) is 16.0. The van der Waals surface area contributed by atoms with Crippen molar-refractivity contribution in [2.45, 2.75) is 105 Å². The minimum atomic E-state index is -0.546. The maximum Gasteiger partial charge on any atom is 0.264 e. The van der Waals surface area contributed by atoms with E-state index in [1.54, 1.807) is 0 Å². The number of nitrogens with zero attached hydrogens (tertiary/aromatic N) is 4. The molecule has 343 valence electrons. The molecule has 6 aromatic carbocycles. The summed E-state index contributed by atoms with van der Waals surface area (Å²) in [5, 5.41) is 42.2. The zero-order valence-electron chi connectivity index (χ0n) is 39.1. The summed E-state index contributed by atoms with van der Waals surface area (Å²) in [5.74, 6) is 0. The monoisotopic (exact) mass is 1050 g/mol. The van der Waals surface area contributed by atoms with Gasteiger partial charge < -0.3 is 30.8 Å². The summed E-state index contributed by atoms with van der Waals surface area (Å²) in [5.41, 5.74) is 7.61. The van der Waals surface area contributed by atoms with Crippen LogP contribution >= 0.6 is 23.2 Å². The Balaban J connectivity index is 0.000000316. The fourth-order valence-corrected chi connectivity index (χ4v) is 6.73. The molecular formula is C53H62Cl2N4O4Tb-2. The van der Waals surface area contributed by atoms with Crippen LogP contribution in [-0.2, 0) is 0 Å². The van der Waals surface area contributed by atoms with Gasteiger partial charge in [-0.1, -0.05) is 103 Å². The molecule has 8 nitrogen and oxygen atoms in total. The van der Waals surface area contributed by atoms with Crippen LogP contribution in [0.5, 0.6) is 0 Å². The van der Waals surface area contributed by atoms with Crippen molar-refractivity contribution in [1.82, 2.24) is 0 Å². The van der Waals surface area contributed by atoms with E-state index in [0.29, 0.717) is 22.7 Å². The largest absolute Gasteiger partial charge is 0.758 e. The van der Waals surface area contributed by atoms with Crippen molar-refractivity contribution in [2.24, 2.45) is 0 Å². The number of alkyl halides is 2. The number of anilines is 3. The summed E-state index contributed by atoms with van der Waals surface area (Å²) >= 11 is 9.53. The molecule has 0 spiro atoms. The van der Waals surface area contributed by atoms with Crippen LogP contribution < -0.4 is 15.2 Å². The Hall–Kier alpha value is -3.93. The van der Waals surface area contributed by atoms with E-state index in [1.807, 2.05) is 229 Å². The van der Waals surface area contributed by atoms with Gasteiger partial charge in [-0.2, -0.15) is 0 Å². The molecule has 0 bridgehead atoms. The fourth-order valence-electron chi connectivity index (χ4n) is 6.73. The summed E-state index contributed by atoms with van der Waals surface area (Å²) in [6, 6.07) is 46.6. The summed E-state index contributed by atoms with van der Waals surface area (Å²) in [6.45, 7) is 22.8. The van der Waals surface area contributed by atoms with Gasteiger partial charge in [0, 0.05) is 125 Å². The van der Waals surface area contributed by atoms with Crippen molar-refractivity contribution in [3.63, 3.8) is 0 Å². The van der Waals surface area contributed by atoms with E-state index in [9.17, 15) is 20.5 Å². The Labute approximate surface area is 422 Å². The van der Waals surface area contributed by atoms with E-state index in [4.69, 9.17) is 23.2 Å². The zero-order valence-corrected chi connectivity index (χ0v) is 42.7. The van der Waals surface area contributed by atoms with Crippen LogP contribution in [0.25, 0.3) is 44.5 Å². The van der Waals surface area contributed by atoms with Gasteiger partial charge in [-0.3, -0.25) is 0 Å². The van der Waals surface area contributed by atoms with E-state index in [-0.39, 0.29) is 44.0 Å². The van der Waals surface area contributed by atoms with Crippen molar-refractivity contribution in [2.75, 3.05) is 20.5 Å². The first-order chi connectivity index (χ1) is 29.4. The van der Waals surface area contributed by atoms with Crippen molar-refractivity contribution in [1.29, 1.82) is 0 Å². The first kappa shape index (κ1) is 54.4. The first-order valence-electron chi connectivity index (χ1n) is 21.0. The van der Waals surface area contributed by atoms with Crippen molar-refractivity contribution < 1.29 is 43.4 Å². The van der Waals surface area contributed by atoms with Gasteiger partial charge in [0.05, 0.1) is 10.9 Å². The molecule has 0 fully saturated rings. The molecular weight excluding hydrogens is 986 g/mol. The smallest absolute Gasteiger partial charge is 0.264 e. The summed E-state index contributed by atoms with van der Waals surface area (Å²) in [4.78, 5) is 12.9. The number of hydrogen-bond donors (Lipinski definition) is 0. The molecule has 6 aromatic rings. The standard InChI is InChI=1S/2C26H30N2O2.CH2Cl2.Tb/c2*1-25(2,3)27(29)23-16-9-7-14-21(23)19-12-11-13-20(18-19)22-15-8-10-17-24(22)28(30)26(4,5)6;2-1-3;/h2*7-18H,1-6H3;1H2;/q;-2;;. The topological polar surface area (TPSA) is 99.0 Å². The molecule has 0 saturated heterocycles. The van der Waals surface area contributed by atoms with Crippen LogP contribution in [0, 0.1) is 59.1 Å². The Morgan fingerprint density at radius 1 is 0.422 bits per heavy atom. The number of benzene rings is 6. The van der Waals surface area contributed by atoms with Gasteiger partial charge in [-0.25, -0.2) is 0 Å². The van der Waals surface area contributed by atoms with E-state index in [1.165, 1.54) is 0 Å². The first-order valence-corrected chi connectivity index (χ1v) is 22.1. The number of hydrogen-bond acceptors (Lipinski definition) is 7. The number of rotatable bonds is 8. The molecule has 64 heavy (non-hydrogen) atoms. The molecule has 0 aliphatic rings. The minimum absolute atomic E-state index is 0. The van der Waals surface area contributed by atoms with Crippen LogP contribution in [0.4, 0.5) is 22.7 Å². The number of hydroxylamine groups is 3. The van der Waals surface area contributed by atoms with Crippen LogP contribution in [0.15, 0.2) is 146 Å². The van der Waals surface area contributed by atoms with Crippen LogP contribution in [0.2, 0.25) is 0 Å². The number of nitroso groups, excluding NO2 is 1. The third-order valence-corrected chi connectivity index (χ3v) is 9.90. The fraction of sp³-hybridized carbons (Fsp3) is 0.321. The molecule has 1 radical (unpaired) electrons. The Kier molecular flexibility index (Phi) is 19.5. The second-order valence-corrected chi connectivity index (χ2v) is 20.0. The zero-order chi connectivity index (χ0) is 46.9. The van der Waals surface area contributed by atoms with Gasteiger partial charge in [-0.15, -0.1) is 23.2 Å². The third-order valence-electron chi connectivity index (χ3n) is 9.90. The summed E-state index contributed by atoms with van der Waals surface area (Å²) in [7, 11) is 0. The van der Waals surface area contributed by atoms with Crippen LogP contribution in [-0.4, -0.2) is 32.3 Å². The molecule has 6 rings (SSSR count). The molecule has 0 aromatic heterocycles. The van der Waals surface area contributed by atoms with E-state index in [2.05, 4.69) is 0 Å². The molecule has 0 unspecified atom stereocenters. The van der Waals surface area contributed by atoms with E-state index >= 15 is 0 Å². The number of halogens is 2. The molecule has 0 amide bonds. The molecule has 11 heteroatoms. The predicted molar refractivity (Wildman–Crippen MR) is 271 cm³/mol. The Morgan fingerprint density at radius 2 is 0.672 bits per heavy atom. The van der Waals surface area contributed by atoms with Gasteiger partial charge in [0.1, 0.15) is 0 Å². The number of para-hydroxylation sites is 4. The average Bonchev–Trinajstić information content (AvgIpc) is 3.24. The molecule has 0 saturated carbocycles. The summed E-state index contributed by atoms with van der Waals surface area (Å²) in [6.07, 6.45) is 0. The normalized spacial score (nSPS) is 11.5. The Morgan fingerprint density at radius 3 is 0.953 bits per heavy atom.